The minimum Gasteiger partial charge on any atom is -0.384 e. The fourth-order valence-corrected chi connectivity index (χ4v) is 3.48. The smallest absolute Gasteiger partial charge is 0.244 e. The molecular weight excluding hydrogens is 274 g/mol. The van der Waals surface area contributed by atoms with E-state index in [2.05, 4.69) is 10.6 Å². The van der Waals surface area contributed by atoms with E-state index in [4.69, 9.17) is 0 Å². The van der Waals surface area contributed by atoms with Gasteiger partial charge in [0.25, 0.3) is 0 Å². The summed E-state index contributed by atoms with van der Waals surface area (Å²) in [5.74, 6) is 0. The number of hydrogen-bond acceptors (Lipinski definition) is 4. The maximum Gasteiger partial charge on any atom is 0.244 e. The molecule has 2 N–H and O–H groups in total. The SMILES string of the molecule is CN(C)S(=O)(=O)c1ccccc1NCCC1CCCN1. The maximum atomic E-state index is 12.2. The third kappa shape index (κ3) is 3.50. The molecule has 5 nitrogen and oxygen atoms in total. The van der Waals surface area contributed by atoms with Crippen LogP contribution >= 0.6 is 0 Å². The molecule has 0 bridgehead atoms. The maximum absolute atomic E-state index is 12.2. The fourth-order valence-electron chi connectivity index (χ4n) is 2.42. The van der Waals surface area contributed by atoms with Crippen LogP contribution in [0.25, 0.3) is 0 Å². The number of benzene rings is 1. The molecule has 0 spiro atoms. The van der Waals surface area contributed by atoms with Crippen molar-refractivity contribution in [2.24, 2.45) is 0 Å². The highest BCUT2D eigenvalue weighted by Crippen LogP contribution is 2.23. The molecule has 0 aromatic heterocycles. The Morgan fingerprint density at radius 2 is 2.10 bits per heavy atom. The zero-order valence-electron chi connectivity index (χ0n) is 12.1. The van der Waals surface area contributed by atoms with Gasteiger partial charge in [0, 0.05) is 26.7 Å². The van der Waals surface area contributed by atoms with Crippen LogP contribution in [0, 0.1) is 0 Å². The molecule has 1 fully saturated rings. The predicted molar refractivity (Wildman–Crippen MR) is 81.4 cm³/mol. The summed E-state index contributed by atoms with van der Waals surface area (Å²) < 4.78 is 25.7. The Morgan fingerprint density at radius 1 is 1.35 bits per heavy atom. The largest absolute Gasteiger partial charge is 0.384 e. The van der Waals surface area contributed by atoms with Crippen LogP contribution in [0.15, 0.2) is 29.2 Å². The molecule has 1 saturated heterocycles. The van der Waals surface area contributed by atoms with E-state index in [9.17, 15) is 8.42 Å². The van der Waals surface area contributed by atoms with Gasteiger partial charge in [0.15, 0.2) is 0 Å². The molecule has 1 aliphatic rings. The summed E-state index contributed by atoms with van der Waals surface area (Å²) in [5.41, 5.74) is 0.680. The van der Waals surface area contributed by atoms with E-state index >= 15 is 0 Å². The number of para-hydroxylation sites is 1. The number of nitrogens with one attached hydrogen (secondary N) is 2. The first-order valence-electron chi connectivity index (χ1n) is 7.00. The second kappa shape index (κ2) is 6.56. The second-order valence-electron chi connectivity index (χ2n) is 5.29. The molecule has 0 amide bonds. The van der Waals surface area contributed by atoms with E-state index in [0.717, 1.165) is 19.5 Å². The van der Waals surface area contributed by atoms with Crippen LogP contribution in [0.2, 0.25) is 0 Å². The quantitative estimate of drug-likeness (QED) is 0.835. The summed E-state index contributed by atoms with van der Waals surface area (Å²) >= 11 is 0. The molecule has 112 valence electrons. The molecule has 1 aromatic rings. The second-order valence-corrected chi connectivity index (χ2v) is 7.41. The van der Waals surface area contributed by atoms with E-state index in [1.807, 2.05) is 12.1 Å². The molecule has 1 heterocycles. The molecule has 1 aliphatic heterocycles. The average Bonchev–Trinajstić information content (AvgIpc) is 2.92. The van der Waals surface area contributed by atoms with E-state index in [0.29, 0.717) is 16.6 Å². The Hall–Kier alpha value is -1.11. The minimum atomic E-state index is -3.40. The number of anilines is 1. The third-order valence-electron chi connectivity index (χ3n) is 3.62. The Morgan fingerprint density at radius 3 is 2.75 bits per heavy atom. The molecular formula is C14H23N3O2S. The Balaban J connectivity index is 2.04. The van der Waals surface area contributed by atoms with Crippen LogP contribution < -0.4 is 10.6 Å². The van der Waals surface area contributed by atoms with Crippen molar-refractivity contribution >= 4 is 15.7 Å². The molecule has 1 atom stereocenters. The van der Waals surface area contributed by atoms with Crippen LogP contribution in [0.4, 0.5) is 5.69 Å². The summed E-state index contributed by atoms with van der Waals surface area (Å²) in [6.45, 7) is 1.87. The number of sulfonamides is 1. The summed E-state index contributed by atoms with van der Waals surface area (Å²) in [6.07, 6.45) is 3.45. The third-order valence-corrected chi connectivity index (χ3v) is 5.49. The van der Waals surface area contributed by atoms with Crippen molar-refractivity contribution in [3.05, 3.63) is 24.3 Å². The predicted octanol–water partition coefficient (Wildman–Crippen LogP) is 1.49. The van der Waals surface area contributed by atoms with Gasteiger partial charge >= 0.3 is 0 Å². The van der Waals surface area contributed by atoms with Crippen LogP contribution in [0.5, 0.6) is 0 Å². The highest BCUT2D eigenvalue weighted by Gasteiger charge is 2.21. The van der Waals surface area contributed by atoms with E-state index < -0.39 is 10.0 Å². The van der Waals surface area contributed by atoms with E-state index in [1.165, 1.54) is 17.1 Å². The van der Waals surface area contributed by atoms with Crippen molar-refractivity contribution in [3.63, 3.8) is 0 Å². The first kappa shape index (κ1) is 15.3. The Kier molecular flexibility index (Phi) is 5.01. The van der Waals surface area contributed by atoms with Crippen LogP contribution in [0.3, 0.4) is 0 Å². The van der Waals surface area contributed by atoms with Crippen molar-refractivity contribution < 1.29 is 8.42 Å². The molecule has 20 heavy (non-hydrogen) atoms. The van der Waals surface area contributed by atoms with Crippen molar-refractivity contribution in [2.75, 3.05) is 32.5 Å². The van der Waals surface area contributed by atoms with Gasteiger partial charge in [-0.25, -0.2) is 12.7 Å². The lowest BCUT2D eigenvalue weighted by atomic mass is 10.1. The average molecular weight is 297 g/mol. The van der Waals surface area contributed by atoms with Gasteiger partial charge in [-0.05, 0) is 37.9 Å². The van der Waals surface area contributed by atoms with Gasteiger partial charge in [0.05, 0.1) is 5.69 Å². The number of rotatable bonds is 6. The van der Waals surface area contributed by atoms with Crippen LogP contribution in [-0.2, 0) is 10.0 Å². The van der Waals surface area contributed by atoms with Gasteiger partial charge in [0.2, 0.25) is 10.0 Å². The lowest BCUT2D eigenvalue weighted by Crippen LogP contribution is -2.25. The lowest BCUT2D eigenvalue weighted by Gasteiger charge is -2.17. The van der Waals surface area contributed by atoms with E-state index in [-0.39, 0.29) is 0 Å². The molecule has 0 aliphatic carbocycles. The molecule has 1 aromatic carbocycles. The van der Waals surface area contributed by atoms with Crippen molar-refractivity contribution in [1.82, 2.24) is 9.62 Å². The molecule has 0 radical (unpaired) electrons. The summed E-state index contributed by atoms with van der Waals surface area (Å²) in [6, 6.07) is 7.62. The first-order chi connectivity index (χ1) is 9.51. The monoisotopic (exact) mass is 297 g/mol. The fraction of sp³-hybridized carbons (Fsp3) is 0.571. The van der Waals surface area contributed by atoms with Crippen molar-refractivity contribution in [1.29, 1.82) is 0 Å². The standard InChI is InChI=1S/C14H23N3O2S/c1-17(2)20(18,19)14-8-4-3-7-13(14)16-11-9-12-6-5-10-15-12/h3-4,7-8,12,15-16H,5-6,9-11H2,1-2H3. The van der Waals surface area contributed by atoms with Gasteiger partial charge in [-0.1, -0.05) is 12.1 Å². The van der Waals surface area contributed by atoms with Crippen molar-refractivity contribution in [2.45, 2.75) is 30.2 Å². The topological polar surface area (TPSA) is 61.4 Å². The zero-order chi connectivity index (χ0) is 14.6. The van der Waals surface area contributed by atoms with Gasteiger partial charge < -0.3 is 10.6 Å². The van der Waals surface area contributed by atoms with Crippen molar-refractivity contribution in [3.8, 4) is 0 Å². The highest BCUT2D eigenvalue weighted by atomic mass is 32.2. The normalized spacial score (nSPS) is 19.4. The summed E-state index contributed by atoms with van der Waals surface area (Å²) in [4.78, 5) is 0.337. The summed E-state index contributed by atoms with van der Waals surface area (Å²) in [7, 11) is -0.301. The first-order valence-corrected chi connectivity index (χ1v) is 8.44. The van der Waals surface area contributed by atoms with Crippen LogP contribution in [0.1, 0.15) is 19.3 Å². The lowest BCUT2D eigenvalue weighted by molar-refractivity contribution is 0.521. The molecule has 0 saturated carbocycles. The molecule has 2 rings (SSSR count). The summed E-state index contributed by atoms with van der Waals surface area (Å²) in [5, 5.41) is 6.69. The zero-order valence-corrected chi connectivity index (χ0v) is 12.9. The highest BCUT2D eigenvalue weighted by molar-refractivity contribution is 7.89. The Bertz CT molecular complexity index is 537. The van der Waals surface area contributed by atoms with Gasteiger partial charge in [-0.3, -0.25) is 0 Å². The molecule has 6 heteroatoms. The number of hydrogen-bond donors (Lipinski definition) is 2. The van der Waals surface area contributed by atoms with Gasteiger partial charge in [0.1, 0.15) is 4.90 Å². The van der Waals surface area contributed by atoms with Crippen LogP contribution in [-0.4, -0.2) is 45.9 Å². The van der Waals surface area contributed by atoms with Gasteiger partial charge in [-0.15, -0.1) is 0 Å². The minimum absolute atomic E-state index is 0.337. The Labute approximate surface area is 121 Å². The van der Waals surface area contributed by atoms with E-state index in [1.54, 1.807) is 26.2 Å². The van der Waals surface area contributed by atoms with Gasteiger partial charge in [-0.2, -0.15) is 0 Å². The molecule has 1 unspecified atom stereocenters. The number of nitrogens with zero attached hydrogens (tertiary/aromatic N) is 1.